The predicted octanol–water partition coefficient (Wildman–Crippen LogP) is 8.38. The van der Waals surface area contributed by atoms with Crippen LogP contribution in [0.15, 0.2) is 114 Å². The fourth-order valence-electron chi connectivity index (χ4n) is 4.53. The Balaban J connectivity index is 0.000000298. The van der Waals surface area contributed by atoms with Crippen molar-refractivity contribution in [2.24, 2.45) is 0 Å². The summed E-state index contributed by atoms with van der Waals surface area (Å²) in [5.41, 5.74) is 7.59. The molecule has 0 aromatic heterocycles. The molecule has 39 heavy (non-hydrogen) atoms. The molecule has 3 atom stereocenters. The molecule has 5 rings (SSSR count). The van der Waals surface area contributed by atoms with Gasteiger partial charge in [-0.2, -0.15) is 0 Å². The van der Waals surface area contributed by atoms with Gasteiger partial charge >= 0.3 is 181 Å². The van der Waals surface area contributed by atoms with Crippen LogP contribution in [0.1, 0.15) is 59.7 Å². The molecule has 208 valence electrons. The Morgan fingerprint density at radius 2 is 1.21 bits per heavy atom. The van der Waals surface area contributed by atoms with Crippen molar-refractivity contribution in [2.45, 2.75) is 56.1 Å². The Labute approximate surface area is 241 Å². The fraction of sp³-hybridized carbons (Fsp3) is 0.250. The zero-order valence-electron chi connectivity index (χ0n) is 23.0. The molecule has 1 heterocycles. The number of sulfonamides is 1. The molecule has 1 saturated heterocycles. The van der Waals surface area contributed by atoms with Gasteiger partial charge in [0.05, 0.1) is 0 Å². The van der Waals surface area contributed by atoms with Gasteiger partial charge in [-0.15, -0.1) is 0 Å². The van der Waals surface area contributed by atoms with Crippen molar-refractivity contribution < 1.29 is 22.7 Å². The summed E-state index contributed by atoms with van der Waals surface area (Å²) in [6.45, 7) is 8.48. The minimum atomic E-state index is -3.79. The van der Waals surface area contributed by atoms with Crippen molar-refractivity contribution >= 4 is 19.7 Å². The second kappa shape index (κ2) is 12.5. The SMILES string of the molecule is Cc1ccc(C(C)C)cc1.Cc1ccc(S(=O)(=O)[N]2[C@@H](c3ccccc3)[C@H](c3ccccc3)[NH][Ru]2([CH3])[Cl])cc1. The third kappa shape index (κ3) is 6.88. The molecule has 7 heteroatoms. The van der Waals surface area contributed by atoms with Gasteiger partial charge in [-0.05, 0) is 18.4 Å². The van der Waals surface area contributed by atoms with Gasteiger partial charge in [0.1, 0.15) is 0 Å². The summed E-state index contributed by atoms with van der Waals surface area (Å²) >= 11 is -3.41. The van der Waals surface area contributed by atoms with Crippen molar-refractivity contribution in [3.63, 3.8) is 0 Å². The molecule has 1 unspecified atom stereocenters. The molecular weight excluding hydrogens is 613 g/mol. The van der Waals surface area contributed by atoms with E-state index in [1.165, 1.54) is 11.1 Å². The normalized spacial score (nSPS) is 23.1. The van der Waals surface area contributed by atoms with E-state index in [0.29, 0.717) is 5.92 Å². The van der Waals surface area contributed by atoms with E-state index in [1.807, 2.05) is 85.2 Å². The van der Waals surface area contributed by atoms with Crippen LogP contribution in [0.3, 0.4) is 0 Å². The van der Waals surface area contributed by atoms with Crippen LogP contribution in [0.25, 0.3) is 0 Å². The van der Waals surface area contributed by atoms with Gasteiger partial charge in [-0.1, -0.05) is 43.7 Å². The van der Waals surface area contributed by atoms with E-state index in [4.69, 9.17) is 9.69 Å². The summed E-state index contributed by atoms with van der Waals surface area (Å²) in [6, 6.07) is 34.7. The average molecular weight is 650 g/mol. The van der Waals surface area contributed by atoms with Gasteiger partial charge in [0, 0.05) is 0 Å². The van der Waals surface area contributed by atoms with E-state index < -0.39 is 30.3 Å². The van der Waals surface area contributed by atoms with Crippen LogP contribution in [-0.4, -0.2) is 11.5 Å². The second-order valence-corrected chi connectivity index (χ2v) is 20.2. The van der Waals surface area contributed by atoms with E-state index in [1.54, 1.807) is 15.2 Å². The zero-order valence-corrected chi connectivity index (χ0v) is 26.3. The predicted molar refractivity (Wildman–Crippen MR) is 159 cm³/mol. The van der Waals surface area contributed by atoms with Gasteiger partial charge in [0.15, 0.2) is 0 Å². The Morgan fingerprint density at radius 1 is 0.744 bits per heavy atom. The number of nitrogens with zero attached hydrogens (tertiary/aromatic N) is 1. The molecule has 0 amide bonds. The quantitative estimate of drug-likeness (QED) is 0.221. The average Bonchev–Trinajstić information content (AvgIpc) is 3.22. The summed E-state index contributed by atoms with van der Waals surface area (Å²) in [5, 5.41) is 0. The standard InChI is InChI=1S/C21H20N2O2S.C10H14.CH3.ClH.Ru/c1-16-12-14-19(15-13-16)26(24,25)23-21(18-10-6-3-7-11-18)20(22)17-8-4-2-5-9-17;1-8(2)10-6-4-9(3)5-7-10;;;/h2-15,20-22H,1H3;4-8H,1-3H3;1H3;1H;/q-2;;;;+3/p-1/t20-,21-;;;;/m0..../s1. The van der Waals surface area contributed by atoms with Gasteiger partial charge in [0.25, 0.3) is 0 Å². The monoisotopic (exact) mass is 650 g/mol. The third-order valence-corrected chi connectivity index (χ3v) is 16.0. The van der Waals surface area contributed by atoms with E-state index in [9.17, 15) is 8.42 Å². The van der Waals surface area contributed by atoms with Gasteiger partial charge in [0.2, 0.25) is 0 Å². The summed E-state index contributed by atoms with van der Waals surface area (Å²) in [6.07, 6.45) is 0. The molecule has 4 nitrogen and oxygen atoms in total. The molecule has 1 N–H and O–H groups in total. The Hall–Kier alpha value is -2.34. The van der Waals surface area contributed by atoms with Crippen LogP contribution in [0, 0.1) is 13.8 Å². The zero-order chi connectivity index (χ0) is 28.2. The van der Waals surface area contributed by atoms with E-state index in [2.05, 4.69) is 49.1 Å². The summed E-state index contributed by atoms with van der Waals surface area (Å²) in [5.74, 6) is 0.653. The van der Waals surface area contributed by atoms with Crippen molar-refractivity contribution in [3.05, 3.63) is 137 Å². The van der Waals surface area contributed by atoms with Crippen molar-refractivity contribution in [1.29, 1.82) is 0 Å². The molecule has 1 aliphatic rings. The molecule has 4 aromatic rings. The topological polar surface area (TPSA) is 49.4 Å². The van der Waals surface area contributed by atoms with Crippen LogP contribution in [-0.2, 0) is 24.3 Å². The molecule has 0 bridgehead atoms. The van der Waals surface area contributed by atoms with E-state index in [-0.39, 0.29) is 10.9 Å². The molecular formula is C32H37ClN2O2RuS. The molecule has 0 aliphatic carbocycles. The first-order valence-corrected chi connectivity index (χ1v) is 20.0. The van der Waals surface area contributed by atoms with Crippen LogP contribution in [0.5, 0.6) is 0 Å². The number of hydrogen-bond donors (Lipinski definition) is 1. The van der Waals surface area contributed by atoms with Gasteiger partial charge < -0.3 is 0 Å². The summed E-state index contributed by atoms with van der Waals surface area (Å²) in [7, 11) is 3.21. The fourth-order valence-corrected chi connectivity index (χ4v) is 14.5. The Bertz CT molecular complexity index is 1460. The molecule has 0 saturated carbocycles. The maximum absolute atomic E-state index is 13.8. The van der Waals surface area contributed by atoms with Crippen LogP contribution >= 0.6 is 9.69 Å². The minimum absolute atomic E-state index is 0.215. The first-order chi connectivity index (χ1) is 18.5. The molecule has 1 fully saturated rings. The van der Waals surface area contributed by atoms with E-state index >= 15 is 0 Å². The number of hydrogen-bond acceptors (Lipinski definition) is 3. The van der Waals surface area contributed by atoms with Crippen LogP contribution < -0.4 is 4.06 Å². The van der Waals surface area contributed by atoms with Crippen LogP contribution in [0.4, 0.5) is 0 Å². The maximum atomic E-state index is 13.8. The van der Waals surface area contributed by atoms with E-state index in [0.717, 1.165) is 16.7 Å². The number of benzene rings is 4. The number of aryl methyl sites for hydroxylation is 2. The van der Waals surface area contributed by atoms with Gasteiger partial charge in [-0.25, -0.2) is 0 Å². The second-order valence-electron chi connectivity index (χ2n) is 10.1. The third-order valence-electron chi connectivity index (χ3n) is 6.70. The first kappa shape index (κ1) is 29.6. The van der Waals surface area contributed by atoms with Gasteiger partial charge in [-0.3, -0.25) is 0 Å². The molecule has 1 aliphatic heterocycles. The number of rotatable bonds is 5. The summed E-state index contributed by atoms with van der Waals surface area (Å²) in [4.78, 5) is 0.271. The molecule has 4 aromatic carbocycles. The molecule has 0 spiro atoms. The molecule has 0 radical (unpaired) electrons. The van der Waals surface area contributed by atoms with Crippen molar-refractivity contribution in [3.8, 4) is 0 Å². The van der Waals surface area contributed by atoms with Crippen LogP contribution in [0.2, 0.25) is 5.52 Å². The number of nitrogens with one attached hydrogen (secondary N) is 1. The first-order valence-electron chi connectivity index (χ1n) is 12.9. The van der Waals surface area contributed by atoms with Crippen molar-refractivity contribution in [1.82, 2.24) is 7.11 Å². The summed E-state index contributed by atoms with van der Waals surface area (Å²) < 4.78 is 32.6. The number of halogens is 1. The van der Waals surface area contributed by atoms with Crippen molar-refractivity contribution in [2.75, 3.05) is 0 Å². The Morgan fingerprint density at radius 3 is 1.69 bits per heavy atom. The Kier molecular flexibility index (Phi) is 9.46.